The maximum absolute atomic E-state index is 14.8. The summed E-state index contributed by atoms with van der Waals surface area (Å²) in [6.45, 7) is -0.470. The lowest BCUT2D eigenvalue weighted by molar-refractivity contribution is -0.195. The molecule has 0 bridgehead atoms. The zero-order valence-corrected chi connectivity index (χ0v) is 25.1. The highest BCUT2D eigenvalue weighted by atomic mass is 35.5. The van der Waals surface area contributed by atoms with E-state index < -0.39 is 89.5 Å². The number of carbonyl (C=O) groups excluding carboxylic acids is 2. The van der Waals surface area contributed by atoms with E-state index in [4.69, 9.17) is 21.1 Å². The Kier molecular flexibility index (Phi) is 8.34. The lowest BCUT2D eigenvalue weighted by Gasteiger charge is -2.31. The SMILES string of the molecule is O=C(O)C1CC(O)CC(Oc2c(F)ccc(-c3nnc(CN4C(=O)N(C(c5ccc(F)cc5F)C(F)(F)F)C(=O)C45CC5)s3)c2Cl)O1. The van der Waals surface area contributed by atoms with Crippen molar-refractivity contribution >= 4 is 40.8 Å². The number of benzene rings is 2. The summed E-state index contributed by atoms with van der Waals surface area (Å²) in [6, 6.07) is -0.845. The monoisotopic (exact) mass is 706 g/mol. The van der Waals surface area contributed by atoms with Gasteiger partial charge in [0.15, 0.2) is 23.7 Å². The fourth-order valence-corrected chi connectivity index (χ4v) is 6.77. The number of carboxylic acid groups (broad SMARTS) is 1. The molecule has 1 saturated carbocycles. The van der Waals surface area contributed by atoms with Crippen molar-refractivity contribution in [1.82, 2.24) is 20.0 Å². The van der Waals surface area contributed by atoms with Crippen LogP contribution in [0.5, 0.6) is 5.75 Å². The number of nitrogens with zero attached hydrogens (tertiary/aromatic N) is 4. The largest absolute Gasteiger partial charge is 0.479 e. The van der Waals surface area contributed by atoms with Crippen LogP contribution in [0.3, 0.4) is 0 Å². The summed E-state index contributed by atoms with van der Waals surface area (Å²) in [5, 5.41) is 27.0. The summed E-state index contributed by atoms with van der Waals surface area (Å²) < 4.78 is 96.4. The van der Waals surface area contributed by atoms with Gasteiger partial charge in [0.2, 0.25) is 6.29 Å². The third-order valence-electron chi connectivity index (χ3n) is 7.95. The summed E-state index contributed by atoms with van der Waals surface area (Å²) in [5.74, 6) is -6.77. The molecule has 6 rings (SSSR count). The fourth-order valence-electron chi connectivity index (χ4n) is 5.57. The Bertz CT molecular complexity index is 1770. The smallest absolute Gasteiger partial charge is 0.413 e. The molecular formula is C28H21ClF6N4O7S. The maximum Gasteiger partial charge on any atom is 0.413 e. The zero-order chi connectivity index (χ0) is 34.0. The first kappa shape index (κ1) is 32.9. The first-order valence-corrected chi connectivity index (χ1v) is 15.0. The van der Waals surface area contributed by atoms with E-state index in [9.17, 15) is 50.9 Å². The summed E-state index contributed by atoms with van der Waals surface area (Å²) >= 11 is 7.24. The van der Waals surface area contributed by atoms with Gasteiger partial charge in [-0.3, -0.25) is 4.79 Å². The summed E-state index contributed by atoms with van der Waals surface area (Å²) in [4.78, 5) is 38.9. The normalized spacial score (nSPS) is 23.0. The van der Waals surface area contributed by atoms with Crippen LogP contribution in [-0.2, 0) is 20.9 Å². The Morgan fingerprint density at radius 1 is 1.13 bits per heavy atom. The van der Waals surface area contributed by atoms with Gasteiger partial charge < -0.3 is 24.6 Å². The number of carboxylic acids is 1. The molecule has 1 aliphatic carbocycles. The van der Waals surface area contributed by atoms with Crippen LogP contribution < -0.4 is 4.74 Å². The van der Waals surface area contributed by atoms with Crippen molar-refractivity contribution in [3.8, 4) is 16.3 Å². The van der Waals surface area contributed by atoms with E-state index in [1.54, 1.807) is 0 Å². The first-order chi connectivity index (χ1) is 22.1. The van der Waals surface area contributed by atoms with Gasteiger partial charge in [0.05, 0.1) is 17.7 Å². The molecule has 3 aromatic rings. The minimum atomic E-state index is -5.31. The quantitative estimate of drug-likeness (QED) is 0.239. The van der Waals surface area contributed by atoms with Crippen molar-refractivity contribution in [3.05, 3.63) is 63.4 Å². The van der Waals surface area contributed by atoms with Crippen molar-refractivity contribution in [1.29, 1.82) is 0 Å². The molecule has 3 amide bonds. The highest BCUT2D eigenvalue weighted by Gasteiger charge is 2.68. The number of aliphatic hydroxyl groups is 1. The van der Waals surface area contributed by atoms with Crippen LogP contribution in [0.15, 0.2) is 30.3 Å². The molecule has 47 heavy (non-hydrogen) atoms. The van der Waals surface area contributed by atoms with Crippen LogP contribution in [-0.4, -0.2) is 78.3 Å². The standard InChI is InChI=1S/C28H21ClF6N4O7S/c29-20-14(3-4-15(31)21(20)46-19-9-12(40)8-17(45-19)24(41)42)23-37-36-18(47-23)10-38-26(44)39(25(43)27(38)5-6-27)22(28(33,34)35)13-2-1-11(30)7-16(13)32/h1-4,7,12,17,19,22,40H,5-6,8-10H2,(H,41,42). The van der Waals surface area contributed by atoms with Crippen LogP contribution in [0.2, 0.25) is 5.02 Å². The van der Waals surface area contributed by atoms with Gasteiger partial charge in [-0.2, -0.15) is 13.2 Å². The van der Waals surface area contributed by atoms with Crippen molar-refractivity contribution in [3.63, 3.8) is 0 Å². The van der Waals surface area contributed by atoms with Gasteiger partial charge in [-0.15, -0.1) is 10.2 Å². The third kappa shape index (κ3) is 5.98. The molecule has 19 heteroatoms. The summed E-state index contributed by atoms with van der Waals surface area (Å²) in [5.41, 5.74) is -2.66. The van der Waals surface area contributed by atoms with Gasteiger partial charge in [0.1, 0.15) is 27.2 Å². The third-order valence-corrected chi connectivity index (χ3v) is 9.27. The molecule has 0 radical (unpaired) electrons. The molecule has 11 nitrogen and oxygen atoms in total. The van der Waals surface area contributed by atoms with Crippen molar-refractivity contribution in [2.75, 3.05) is 0 Å². The summed E-state index contributed by atoms with van der Waals surface area (Å²) in [6.07, 6.45) is -9.53. The van der Waals surface area contributed by atoms with E-state index in [0.29, 0.717) is 12.1 Å². The van der Waals surface area contributed by atoms with Gasteiger partial charge in [-0.05, 0) is 31.0 Å². The number of hydrogen-bond donors (Lipinski definition) is 2. The minimum absolute atomic E-state index is 0.0291. The Morgan fingerprint density at radius 2 is 1.85 bits per heavy atom. The van der Waals surface area contributed by atoms with Gasteiger partial charge >= 0.3 is 18.2 Å². The van der Waals surface area contributed by atoms with E-state index in [0.717, 1.165) is 22.3 Å². The molecule has 3 heterocycles. The van der Waals surface area contributed by atoms with Gasteiger partial charge in [-0.25, -0.2) is 27.7 Å². The molecule has 1 aromatic heterocycles. The molecule has 1 spiro atoms. The molecule has 2 saturated heterocycles. The Labute approximate surface area is 269 Å². The average Bonchev–Trinajstić information content (AvgIpc) is 3.62. The highest BCUT2D eigenvalue weighted by Crippen LogP contribution is 2.53. The number of carbonyl (C=O) groups is 3. The lowest BCUT2D eigenvalue weighted by atomic mass is 10.0. The number of aliphatic carboxylic acids is 1. The van der Waals surface area contributed by atoms with E-state index in [1.807, 2.05) is 0 Å². The second-order valence-electron chi connectivity index (χ2n) is 11.1. The Balaban J connectivity index is 1.25. The van der Waals surface area contributed by atoms with E-state index in [-0.39, 0.29) is 57.3 Å². The van der Waals surface area contributed by atoms with Gasteiger partial charge in [-0.1, -0.05) is 29.0 Å². The number of alkyl halides is 3. The van der Waals surface area contributed by atoms with Crippen LogP contribution in [0, 0.1) is 17.5 Å². The number of halogens is 7. The molecule has 2 aromatic carbocycles. The number of amides is 3. The fraction of sp³-hybridized carbons (Fsp3) is 0.393. The lowest BCUT2D eigenvalue weighted by Crippen LogP contribution is -2.43. The average molecular weight is 707 g/mol. The molecule has 4 atom stereocenters. The topological polar surface area (TPSA) is 142 Å². The summed E-state index contributed by atoms with van der Waals surface area (Å²) in [7, 11) is 0. The second-order valence-corrected chi connectivity index (χ2v) is 12.5. The number of aliphatic hydroxyl groups excluding tert-OH is 1. The number of aromatic nitrogens is 2. The predicted octanol–water partition coefficient (Wildman–Crippen LogP) is 5.21. The second kappa shape index (κ2) is 11.9. The highest BCUT2D eigenvalue weighted by molar-refractivity contribution is 7.14. The number of rotatable bonds is 8. The molecular weight excluding hydrogens is 686 g/mol. The molecule has 3 fully saturated rings. The molecule has 3 aliphatic rings. The van der Waals surface area contributed by atoms with E-state index in [1.165, 1.54) is 6.07 Å². The maximum atomic E-state index is 14.8. The molecule has 4 unspecified atom stereocenters. The van der Waals surface area contributed by atoms with Crippen LogP contribution in [0.1, 0.15) is 42.3 Å². The Hall–Kier alpha value is -4.00. The van der Waals surface area contributed by atoms with E-state index in [2.05, 4.69) is 10.2 Å². The van der Waals surface area contributed by atoms with Crippen molar-refractivity contribution < 1.29 is 60.4 Å². The zero-order valence-electron chi connectivity index (χ0n) is 23.5. The minimum Gasteiger partial charge on any atom is -0.479 e. The first-order valence-electron chi connectivity index (χ1n) is 13.8. The Morgan fingerprint density at radius 3 is 2.49 bits per heavy atom. The van der Waals surface area contributed by atoms with Crippen LogP contribution in [0.25, 0.3) is 10.6 Å². The molecule has 250 valence electrons. The number of ether oxygens (including phenoxy) is 2. The van der Waals surface area contributed by atoms with Crippen molar-refractivity contribution in [2.45, 2.75) is 68.5 Å². The van der Waals surface area contributed by atoms with Gasteiger partial charge in [0.25, 0.3) is 5.91 Å². The van der Waals surface area contributed by atoms with E-state index >= 15 is 0 Å². The molecule has 2 aliphatic heterocycles. The number of urea groups is 1. The molecule has 2 N–H and O–H groups in total. The number of hydrogen-bond acceptors (Lipinski definition) is 9. The predicted molar refractivity (Wildman–Crippen MR) is 147 cm³/mol. The van der Waals surface area contributed by atoms with Crippen molar-refractivity contribution in [2.24, 2.45) is 0 Å². The van der Waals surface area contributed by atoms with Crippen LogP contribution >= 0.6 is 22.9 Å². The van der Waals surface area contributed by atoms with Gasteiger partial charge in [0, 0.05) is 30.0 Å². The van der Waals surface area contributed by atoms with Crippen LogP contribution in [0.4, 0.5) is 31.1 Å². The number of imide groups is 1.